The van der Waals surface area contributed by atoms with Gasteiger partial charge in [0.05, 0.1) is 5.69 Å². The van der Waals surface area contributed by atoms with E-state index in [1.165, 1.54) is 25.9 Å². The fourth-order valence-electron chi connectivity index (χ4n) is 4.83. The van der Waals surface area contributed by atoms with Gasteiger partial charge in [-0.25, -0.2) is 4.98 Å². The summed E-state index contributed by atoms with van der Waals surface area (Å²) in [5.41, 5.74) is 1.37. The van der Waals surface area contributed by atoms with Crippen LogP contribution in [0.15, 0.2) is 10.9 Å². The second-order valence-electron chi connectivity index (χ2n) is 8.36. The zero-order valence-electron chi connectivity index (χ0n) is 17.2. The molecule has 0 bridgehead atoms. The van der Waals surface area contributed by atoms with Crippen molar-refractivity contribution >= 4 is 16.9 Å². The number of hydrogen-bond donors (Lipinski definition) is 1. The Balaban J connectivity index is 1.50. The van der Waals surface area contributed by atoms with Crippen molar-refractivity contribution in [3.63, 3.8) is 0 Å². The summed E-state index contributed by atoms with van der Waals surface area (Å²) in [5.74, 6) is 0.904. The lowest BCUT2D eigenvalue weighted by Crippen LogP contribution is -2.59. The molecule has 154 valence electrons. The van der Waals surface area contributed by atoms with Crippen LogP contribution in [0.5, 0.6) is 0 Å². The number of aliphatic hydroxyl groups is 1. The number of aliphatic hydroxyl groups excluding tert-OH is 1. The number of fused-ring (bicyclic) bond motifs is 1. The smallest absolute Gasteiger partial charge is 0.263 e. The van der Waals surface area contributed by atoms with Gasteiger partial charge < -0.3 is 19.4 Å². The molecule has 2 aromatic heterocycles. The highest BCUT2D eigenvalue weighted by molar-refractivity contribution is 5.87. The fourth-order valence-corrected chi connectivity index (χ4v) is 4.83. The van der Waals surface area contributed by atoms with Crippen molar-refractivity contribution in [3.8, 4) is 0 Å². The lowest BCUT2D eigenvalue weighted by atomic mass is 9.97. The molecule has 1 atom stereocenters. The monoisotopic (exact) mass is 388 g/mol. The largest absolute Gasteiger partial charge is 0.396 e. The van der Waals surface area contributed by atoms with E-state index >= 15 is 0 Å². The van der Waals surface area contributed by atoms with Crippen molar-refractivity contribution in [2.24, 2.45) is 0 Å². The molecule has 1 N–H and O–H groups in total. The number of likely N-dealkylation sites (tertiary alicyclic amines) is 1. The van der Waals surface area contributed by atoms with E-state index in [0.717, 1.165) is 43.0 Å². The Bertz CT molecular complexity index is 786. The summed E-state index contributed by atoms with van der Waals surface area (Å²) >= 11 is 0. The van der Waals surface area contributed by atoms with Crippen molar-refractivity contribution in [1.82, 2.24) is 24.9 Å². The molecule has 2 saturated heterocycles. The van der Waals surface area contributed by atoms with Gasteiger partial charge in [0.2, 0.25) is 0 Å². The molecule has 0 saturated carbocycles. The Hall–Kier alpha value is -1.77. The Labute approximate surface area is 166 Å². The fraction of sp³-hybridized carbons (Fsp3) is 0.750. The number of aryl methyl sites for hydroxylation is 1. The first-order valence-corrected chi connectivity index (χ1v) is 10.5. The van der Waals surface area contributed by atoms with Gasteiger partial charge in [-0.3, -0.25) is 4.90 Å². The van der Waals surface area contributed by atoms with E-state index in [1.807, 2.05) is 6.92 Å². The molecule has 2 aromatic rings. The minimum Gasteiger partial charge on any atom is -0.396 e. The topological polar surface area (TPSA) is 81.8 Å². The molecule has 4 heterocycles. The number of piperazine rings is 1. The van der Waals surface area contributed by atoms with Gasteiger partial charge in [0, 0.05) is 44.4 Å². The normalized spacial score (nSPS) is 23.2. The number of hydrogen-bond acceptors (Lipinski definition) is 8. The average molecular weight is 389 g/mol. The molecular weight excluding hydrogens is 356 g/mol. The summed E-state index contributed by atoms with van der Waals surface area (Å²) in [6.45, 7) is 11.8. The van der Waals surface area contributed by atoms with Crippen LogP contribution in [-0.2, 0) is 0 Å². The van der Waals surface area contributed by atoms with Gasteiger partial charge in [-0.15, -0.1) is 0 Å². The Morgan fingerprint density at radius 3 is 2.68 bits per heavy atom. The number of aromatic nitrogens is 3. The summed E-state index contributed by atoms with van der Waals surface area (Å²) in [5, 5.41) is 14.6. The SMILES string of the molecule is Cc1noc2ncnc(N3CCN(C4CCN(C(C)C)CC4)C(CCO)C3)c12. The van der Waals surface area contributed by atoms with E-state index in [-0.39, 0.29) is 6.61 Å². The zero-order chi connectivity index (χ0) is 19.7. The van der Waals surface area contributed by atoms with Crippen molar-refractivity contribution in [2.75, 3.05) is 44.2 Å². The minimum absolute atomic E-state index is 0.214. The summed E-state index contributed by atoms with van der Waals surface area (Å²) in [6, 6.07) is 1.56. The maximum atomic E-state index is 9.69. The van der Waals surface area contributed by atoms with E-state index in [1.54, 1.807) is 6.33 Å². The summed E-state index contributed by atoms with van der Waals surface area (Å²) in [6.07, 6.45) is 4.76. The molecule has 0 amide bonds. The molecule has 8 nitrogen and oxygen atoms in total. The Morgan fingerprint density at radius 1 is 1.18 bits per heavy atom. The molecule has 0 aromatic carbocycles. The molecule has 2 aliphatic rings. The van der Waals surface area contributed by atoms with Crippen LogP contribution in [0.4, 0.5) is 5.82 Å². The summed E-state index contributed by atoms with van der Waals surface area (Å²) < 4.78 is 5.32. The van der Waals surface area contributed by atoms with Gasteiger partial charge in [0.25, 0.3) is 5.71 Å². The lowest BCUT2D eigenvalue weighted by molar-refractivity contribution is 0.0463. The van der Waals surface area contributed by atoms with Crippen LogP contribution < -0.4 is 4.90 Å². The first kappa shape index (κ1) is 19.5. The standard InChI is InChI=1S/C20H32N6O2/c1-14(2)24-7-4-16(5-8-24)26-10-9-25(12-17(26)6-11-27)19-18-15(3)23-28-20(18)22-13-21-19/h13-14,16-17,27H,4-12H2,1-3H3. The molecule has 4 rings (SSSR count). The van der Waals surface area contributed by atoms with E-state index in [0.29, 0.717) is 23.8 Å². The number of rotatable bonds is 5. The molecule has 0 spiro atoms. The summed E-state index contributed by atoms with van der Waals surface area (Å²) in [4.78, 5) is 16.3. The molecule has 2 aliphatic heterocycles. The third kappa shape index (κ3) is 3.73. The van der Waals surface area contributed by atoms with Crippen molar-refractivity contribution in [3.05, 3.63) is 12.0 Å². The highest BCUT2D eigenvalue weighted by atomic mass is 16.5. The maximum Gasteiger partial charge on any atom is 0.263 e. The van der Waals surface area contributed by atoms with Crippen LogP contribution in [0.1, 0.15) is 38.8 Å². The average Bonchev–Trinajstić information content (AvgIpc) is 3.09. The van der Waals surface area contributed by atoms with Crippen LogP contribution in [0, 0.1) is 6.92 Å². The Kier molecular flexibility index (Phi) is 5.80. The van der Waals surface area contributed by atoms with Crippen molar-refractivity contribution in [2.45, 2.75) is 58.2 Å². The first-order valence-electron chi connectivity index (χ1n) is 10.5. The zero-order valence-corrected chi connectivity index (χ0v) is 17.2. The van der Waals surface area contributed by atoms with Crippen LogP contribution >= 0.6 is 0 Å². The van der Waals surface area contributed by atoms with Gasteiger partial charge in [-0.1, -0.05) is 5.16 Å². The molecule has 28 heavy (non-hydrogen) atoms. The van der Waals surface area contributed by atoms with Crippen molar-refractivity contribution in [1.29, 1.82) is 0 Å². The predicted octanol–water partition coefficient (Wildman–Crippen LogP) is 1.67. The van der Waals surface area contributed by atoms with Gasteiger partial charge in [0.1, 0.15) is 17.5 Å². The highest BCUT2D eigenvalue weighted by Crippen LogP contribution is 2.30. The minimum atomic E-state index is 0.214. The van der Waals surface area contributed by atoms with E-state index in [4.69, 9.17) is 4.52 Å². The predicted molar refractivity (Wildman–Crippen MR) is 108 cm³/mol. The van der Waals surface area contributed by atoms with Gasteiger partial charge in [-0.2, -0.15) is 4.98 Å². The highest BCUT2D eigenvalue weighted by Gasteiger charge is 2.35. The third-order valence-corrected chi connectivity index (χ3v) is 6.41. The van der Waals surface area contributed by atoms with Crippen molar-refractivity contribution < 1.29 is 9.63 Å². The van der Waals surface area contributed by atoms with Gasteiger partial charge in [0.15, 0.2) is 0 Å². The number of piperidine rings is 1. The molecular formula is C20H32N6O2. The number of anilines is 1. The molecule has 2 fully saturated rings. The third-order valence-electron chi connectivity index (χ3n) is 6.41. The molecule has 8 heteroatoms. The van der Waals surface area contributed by atoms with Crippen LogP contribution in [0.2, 0.25) is 0 Å². The first-order chi connectivity index (χ1) is 13.6. The van der Waals surface area contributed by atoms with Crippen LogP contribution in [0.25, 0.3) is 11.1 Å². The molecule has 1 unspecified atom stereocenters. The van der Waals surface area contributed by atoms with E-state index in [2.05, 4.69) is 43.7 Å². The molecule has 0 radical (unpaired) electrons. The van der Waals surface area contributed by atoms with E-state index in [9.17, 15) is 5.11 Å². The van der Waals surface area contributed by atoms with E-state index < -0.39 is 0 Å². The second kappa shape index (κ2) is 8.31. The van der Waals surface area contributed by atoms with Gasteiger partial charge in [-0.05, 0) is 53.1 Å². The lowest BCUT2D eigenvalue weighted by Gasteiger charge is -2.48. The second-order valence-corrected chi connectivity index (χ2v) is 8.36. The quantitative estimate of drug-likeness (QED) is 0.828. The Morgan fingerprint density at radius 2 is 1.96 bits per heavy atom. The van der Waals surface area contributed by atoms with Crippen LogP contribution in [0.3, 0.4) is 0 Å². The van der Waals surface area contributed by atoms with Crippen LogP contribution in [-0.4, -0.2) is 87.5 Å². The molecule has 0 aliphatic carbocycles. The van der Waals surface area contributed by atoms with Gasteiger partial charge >= 0.3 is 0 Å². The number of nitrogens with zero attached hydrogens (tertiary/aromatic N) is 6. The maximum absolute atomic E-state index is 9.69. The summed E-state index contributed by atoms with van der Waals surface area (Å²) in [7, 11) is 0.